The molecule has 0 bridgehead atoms. The number of nitriles is 1. The van der Waals surface area contributed by atoms with Gasteiger partial charge in [0.1, 0.15) is 0 Å². The lowest BCUT2D eigenvalue weighted by Crippen LogP contribution is -2.14. The van der Waals surface area contributed by atoms with Crippen molar-refractivity contribution in [1.82, 2.24) is 4.98 Å². The SMILES string of the molecule is Cc1ccc2c(C(C)(C)C)nc(-c3cccc(C#N)c3)cc2c1. The van der Waals surface area contributed by atoms with E-state index in [4.69, 9.17) is 10.2 Å². The van der Waals surface area contributed by atoms with E-state index in [1.807, 2.05) is 24.3 Å². The van der Waals surface area contributed by atoms with E-state index in [0.29, 0.717) is 5.56 Å². The summed E-state index contributed by atoms with van der Waals surface area (Å²) in [6.45, 7) is 8.66. The molecule has 0 aliphatic carbocycles. The third kappa shape index (κ3) is 2.96. The van der Waals surface area contributed by atoms with Gasteiger partial charge in [-0.15, -0.1) is 0 Å². The summed E-state index contributed by atoms with van der Waals surface area (Å²) >= 11 is 0. The van der Waals surface area contributed by atoms with Crippen molar-refractivity contribution < 1.29 is 0 Å². The molecule has 0 fully saturated rings. The zero-order valence-electron chi connectivity index (χ0n) is 14.0. The molecule has 3 rings (SSSR count). The van der Waals surface area contributed by atoms with Gasteiger partial charge in [-0.25, -0.2) is 0 Å². The summed E-state index contributed by atoms with van der Waals surface area (Å²) in [5.41, 5.74) is 4.85. The highest BCUT2D eigenvalue weighted by atomic mass is 14.7. The predicted molar refractivity (Wildman–Crippen MR) is 95.3 cm³/mol. The summed E-state index contributed by atoms with van der Waals surface area (Å²) in [5, 5.41) is 11.5. The number of fused-ring (bicyclic) bond motifs is 1. The lowest BCUT2D eigenvalue weighted by atomic mass is 9.87. The van der Waals surface area contributed by atoms with Gasteiger partial charge >= 0.3 is 0 Å². The molecule has 0 saturated heterocycles. The third-order valence-corrected chi connectivity index (χ3v) is 3.98. The van der Waals surface area contributed by atoms with Gasteiger partial charge in [0, 0.05) is 16.4 Å². The monoisotopic (exact) mass is 300 g/mol. The van der Waals surface area contributed by atoms with Crippen molar-refractivity contribution in [1.29, 1.82) is 5.26 Å². The lowest BCUT2D eigenvalue weighted by molar-refractivity contribution is 0.576. The van der Waals surface area contributed by atoms with Crippen molar-refractivity contribution in [2.24, 2.45) is 0 Å². The molecule has 1 heterocycles. The van der Waals surface area contributed by atoms with E-state index >= 15 is 0 Å². The maximum absolute atomic E-state index is 9.13. The number of rotatable bonds is 1. The van der Waals surface area contributed by atoms with Crippen molar-refractivity contribution in [2.75, 3.05) is 0 Å². The van der Waals surface area contributed by atoms with E-state index < -0.39 is 0 Å². The second-order valence-electron chi connectivity index (χ2n) is 7.02. The molecule has 114 valence electrons. The van der Waals surface area contributed by atoms with Crippen LogP contribution >= 0.6 is 0 Å². The van der Waals surface area contributed by atoms with Gasteiger partial charge in [-0.2, -0.15) is 5.26 Å². The summed E-state index contributed by atoms with van der Waals surface area (Å²) in [7, 11) is 0. The molecule has 0 aliphatic heterocycles. The van der Waals surface area contributed by atoms with Gasteiger partial charge in [-0.05, 0) is 30.5 Å². The van der Waals surface area contributed by atoms with E-state index in [-0.39, 0.29) is 5.41 Å². The largest absolute Gasteiger partial charge is 0.252 e. The van der Waals surface area contributed by atoms with Crippen LogP contribution in [0.1, 0.15) is 37.6 Å². The van der Waals surface area contributed by atoms with Crippen LogP contribution in [0, 0.1) is 18.3 Å². The number of aromatic nitrogens is 1. The average molecular weight is 300 g/mol. The van der Waals surface area contributed by atoms with Crippen molar-refractivity contribution in [3.8, 4) is 17.3 Å². The molecule has 2 heteroatoms. The highest BCUT2D eigenvalue weighted by Crippen LogP contribution is 2.32. The minimum atomic E-state index is -0.0453. The Kier molecular flexibility index (Phi) is 3.66. The van der Waals surface area contributed by atoms with E-state index in [1.165, 1.54) is 16.3 Å². The molecule has 0 spiro atoms. The Labute approximate surface area is 137 Å². The van der Waals surface area contributed by atoms with Gasteiger partial charge in [0.25, 0.3) is 0 Å². The Morgan fingerprint density at radius 1 is 1.00 bits per heavy atom. The van der Waals surface area contributed by atoms with Gasteiger partial charge in [-0.3, -0.25) is 4.98 Å². The summed E-state index contributed by atoms with van der Waals surface area (Å²) in [6, 6.07) is 18.5. The molecular weight excluding hydrogens is 280 g/mol. The number of pyridine rings is 1. The normalized spacial score (nSPS) is 11.4. The minimum absolute atomic E-state index is 0.0453. The van der Waals surface area contributed by atoms with Crippen LogP contribution in [-0.4, -0.2) is 4.98 Å². The maximum atomic E-state index is 9.13. The van der Waals surface area contributed by atoms with E-state index in [9.17, 15) is 0 Å². The van der Waals surface area contributed by atoms with Gasteiger partial charge in [-0.1, -0.05) is 56.7 Å². The Bertz CT molecular complexity index is 925. The number of hydrogen-bond acceptors (Lipinski definition) is 2. The number of nitrogens with zero attached hydrogens (tertiary/aromatic N) is 2. The zero-order valence-corrected chi connectivity index (χ0v) is 14.0. The van der Waals surface area contributed by atoms with Crippen molar-refractivity contribution >= 4 is 10.8 Å². The molecule has 3 aromatic rings. The summed E-state index contributed by atoms with van der Waals surface area (Å²) in [5.74, 6) is 0. The summed E-state index contributed by atoms with van der Waals surface area (Å²) < 4.78 is 0. The van der Waals surface area contributed by atoms with Crippen LogP contribution in [-0.2, 0) is 5.41 Å². The summed E-state index contributed by atoms with van der Waals surface area (Å²) in [4.78, 5) is 4.94. The number of benzene rings is 2. The van der Waals surface area contributed by atoms with Crippen molar-refractivity contribution in [3.63, 3.8) is 0 Å². The van der Waals surface area contributed by atoms with Crippen molar-refractivity contribution in [2.45, 2.75) is 33.1 Å². The molecule has 0 atom stereocenters. The Morgan fingerprint density at radius 3 is 2.48 bits per heavy atom. The standard InChI is InChI=1S/C21H20N2/c1-14-8-9-18-17(10-14)12-19(23-20(18)21(2,3)4)16-7-5-6-15(11-16)13-22/h5-12H,1-4H3. The zero-order chi connectivity index (χ0) is 16.6. The minimum Gasteiger partial charge on any atom is -0.252 e. The van der Waals surface area contributed by atoms with Crippen molar-refractivity contribution in [3.05, 3.63) is 65.4 Å². The van der Waals surface area contributed by atoms with Crippen LogP contribution in [0.3, 0.4) is 0 Å². The molecule has 23 heavy (non-hydrogen) atoms. The fraction of sp³-hybridized carbons (Fsp3) is 0.238. The molecule has 0 aliphatic rings. The first kappa shape index (κ1) is 15.2. The van der Waals surface area contributed by atoms with Crippen LogP contribution in [0.4, 0.5) is 0 Å². The third-order valence-electron chi connectivity index (χ3n) is 3.98. The van der Waals surface area contributed by atoms with Gasteiger partial charge < -0.3 is 0 Å². The van der Waals surface area contributed by atoms with Crippen LogP contribution in [0.25, 0.3) is 22.0 Å². The molecule has 0 saturated carbocycles. The second kappa shape index (κ2) is 5.52. The molecule has 2 nitrogen and oxygen atoms in total. The van der Waals surface area contributed by atoms with Gasteiger partial charge in [0.2, 0.25) is 0 Å². The lowest BCUT2D eigenvalue weighted by Gasteiger charge is -2.21. The van der Waals surface area contributed by atoms with Crippen LogP contribution in [0.15, 0.2) is 48.5 Å². The first-order valence-corrected chi connectivity index (χ1v) is 7.81. The molecule has 2 aromatic carbocycles. The highest BCUT2D eigenvalue weighted by molar-refractivity contribution is 5.89. The Hall–Kier alpha value is -2.66. The quantitative estimate of drug-likeness (QED) is 0.605. The fourth-order valence-corrected chi connectivity index (χ4v) is 2.85. The maximum Gasteiger partial charge on any atom is 0.0991 e. The molecule has 0 unspecified atom stereocenters. The topological polar surface area (TPSA) is 36.7 Å². The van der Waals surface area contributed by atoms with E-state index in [2.05, 4.69) is 58.0 Å². The van der Waals surface area contributed by atoms with E-state index in [0.717, 1.165) is 17.0 Å². The van der Waals surface area contributed by atoms with Gasteiger partial charge in [0.15, 0.2) is 0 Å². The number of aryl methyl sites for hydroxylation is 1. The smallest absolute Gasteiger partial charge is 0.0991 e. The Morgan fingerprint density at radius 2 is 1.78 bits per heavy atom. The fourth-order valence-electron chi connectivity index (χ4n) is 2.85. The second-order valence-corrected chi connectivity index (χ2v) is 7.02. The summed E-state index contributed by atoms with van der Waals surface area (Å²) in [6.07, 6.45) is 0. The molecule has 1 aromatic heterocycles. The van der Waals surface area contributed by atoms with Crippen LogP contribution in [0.5, 0.6) is 0 Å². The van der Waals surface area contributed by atoms with Gasteiger partial charge in [0.05, 0.1) is 23.0 Å². The predicted octanol–water partition coefficient (Wildman–Crippen LogP) is 5.38. The van der Waals surface area contributed by atoms with Crippen LogP contribution in [0.2, 0.25) is 0 Å². The highest BCUT2D eigenvalue weighted by Gasteiger charge is 2.20. The average Bonchev–Trinajstić information content (AvgIpc) is 2.52. The molecular formula is C21H20N2. The molecule has 0 radical (unpaired) electrons. The Balaban J connectivity index is 2.32. The number of hydrogen-bond donors (Lipinski definition) is 0. The van der Waals surface area contributed by atoms with E-state index in [1.54, 1.807) is 0 Å². The first-order chi connectivity index (χ1) is 10.9. The molecule has 0 N–H and O–H groups in total. The first-order valence-electron chi connectivity index (χ1n) is 7.81. The van der Waals surface area contributed by atoms with Crippen LogP contribution < -0.4 is 0 Å². The molecule has 0 amide bonds.